The van der Waals surface area contributed by atoms with Crippen molar-refractivity contribution in [2.24, 2.45) is 0 Å². The van der Waals surface area contributed by atoms with E-state index in [1.807, 2.05) is 91.0 Å². The Bertz CT molecular complexity index is 1190. The van der Waals surface area contributed by atoms with Gasteiger partial charge in [0.15, 0.2) is 8.32 Å². The van der Waals surface area contributed by atoms with Crippen LogP contribution in [0.15, 0.2) is 91.0 Å². The maximum Gasteiger partial charge on any atom is 0.183 e. The Hall–Kier alpha value is -2.40. The highest BCUT2D eigenvalue weighted by molar-refractivity contribution is 6.69. The van der Waals surface area contributed by atoms with E-state index in [1.54, 1.807) is 0 Å². The van der Waals surface area contributed by atoms with Crippen molar-refractivity contribution < 1.29 is 33.6 Å². The molecule has 1 aliphatic rings. The van der Waals surface area contributed by atoms with Crippen LogP contribution in [-0.2, 0) is 43.2 Å². The molecule has 2 N–H and O–H groups in total. The first kappa shape index (κ1) is 35.5. The number of benzene rings is 3. The molecule has 3 aromatic rings. The number of rotatable bonds is 19. The number of aliphatic hydroxyl groups excluding tert-OH is 2. The Morgan fingerprint density at radius 3 is 1.24 bits per heavy atom. The van der Waals surface area contributed by atoms with Crippen LogP contribution < -0.4 is 0 Å². The van der Waals surface area contributed by atoms with Gasteiger partial charge in [-0.3, -0.25) is 0 Å². The fourth-order valence-corrected chi connectivity index (χ4v) is 6.31. The zero-order chi connectivity index (χ0) is 31.9. The van der Waals surface area contributed by atoms with Gasteiger partial charge in [-0.2, -0.15) is 0 Å². The molecule has 6 unspecified atom stereocenters. The van der Waals surface area contributed by atoms with Crippen molar-refractivity contribution in [2.75, 3.05) is 13.2 Å². The molecule has 45 heavy (non-hydrogen) atoms. The summed E-state index contributed by atoms with van der Waals surface area (Å²) in [6, 6.07) is 29.6. The Labute approximate surface area is 270 Å². The lowest BCUT2D eigenvalue weighted by molar-refractivity contribution is -0.272. The molecule has 0 aromatic heterocycles. The number of hydrogen-bond acceptors (Lipinski definition) is 7. The zero-order valence-corrected chi connectivity index (χ0v) is 28.1. The van der Waals surface area contributed by atoms with Gasteiger partial charge in [0.05, 0.1) is 19.8 Å². The first-order valence-corrected chi connectivity index (χ1v) is 19.8. The summed E-state index contributed by atoms with van der Waals surface area (Å²) in [7, 11) is -1.46. The van der Waals surface area contributed by atoms with E-state index in [-0.39, 0.29) is 6.61 Å². The summed E-state index contributed by atoms with van der Waals surface area (Å²) < 4.78 is 31.7. The van der Waals surface area contributed by atoms with Crippen LogP contribution in [0.25, 0.3) is 0 Å². The summed E-state index contributed by atoms with van der Waals surface area (Å²) in [6.45, 7) is 8.80. The Balaban J connectivity index is 1.45. The highest BCUT2D eigenvalue weighted by atomic mass is 28.4. The second-order valence-corrected chi connectivity index (χ2v) is 17.3. The van der Waals surface area contributed by atoms with Crippen LogP contribution in [0.4, 0.5) is 0 Å². The van der Waals surface area contributed by atoms with E-state index < -0.39 is 44.9 Å². The molecule has 8 heteroatoms. The third kappa shape index (κ3) is 12.0. The molecule has 1 saturated carbocycles. The zero-order valence-electron chi connectivity index (χ0n) is 27.1. The van der Waals surface area contributed by atoms with Gasteiger partial charge < -0.3 is 33.6 Å². The third-order valence-corrected chi connectivity index (χ3v) is 9.05. The maximum absolute atomic E-state index is 11.4. The van der Waals surface area contributed by atoms with Gasteiger partial charge in [0.25, 0.3) is 0 Å². The fraction of sp³-hybridized carbons (Fsp3) is 0.514. The quantitative estimate of drug-likeness (QED) is 0.112. The standard InChI is InChI=1S/C37H52O7Si/c1-45(2,3)44-25-17-6-4-5-16-24-40-34-32(38)33(39)35(41-26-29-18-10-7-11-19-29)37(43-28-31-22-14-9-15-23-31)36(34)42-27-30-20-12-8-13-21-30/h7-15,18-23,32-39H,4-6,16-17,24-28H2,1-3H3. The van der Waals surface area contributed by atoms with Crippen molar-refractivity contribution >= 4 is 8.32 Å². The molecule has 0 radical (unpaired) electrons. The summed E-state index contributed by atoms with van der Waals surface area (Å²) in [5.41, 5.74) is 2.96. The minimum absolute atomic E-state index is 0.264. The summed E-state index contributed by atoms with van der Waals surface area (Å²) in [5.74, 6) is 0. The van der Waals surface area contributed by atoms with Crippen molar-refractivity contribution in [1.82, 2.24) is 0 Å². The molecule has 1 aliphatic carbocycles. The van der Waals surface area contributed by atoms with Crippen molar-refractivity contribution in [3.8, 4) is 0 Å². The predicted molar refractivity (Wildman–Crippen MR) is 179 cm³/mol. The van der Waals surface area contributed by atoms with Gasteiger partial charge in [0, 0.05) is 13.2 Å². The molecule has 246 valence electrons. The number of unbranched alkanes of at least 4 members (excludes halogenated alkanes) is 4. The third-order valence-electron chi connectivity index (χ3n) is 7.98. The monoisotopic (exact) mass is 636 g/mol. The van der Waals surface area contributed by atoms with Crippen LogP contribution in [0.2, 0.25) is 19.6 Å². The van der Waals surface area contributed by atoms with Gasteiger partial charge in [-0.15, -0.1) is 0 Å². The minimum atomic E-state index is -1.46. The maximum atomic E-state index is 11.4. The summed E-state index contributed by atoms with van der Waals surface area (Å²) in [6.07, 6.45) is -0.251. The molecule has 6 atom stereocenters. The first-order valence-electron chi connectivity index (χ1n) is 16.4. The average Bonchev–Trinajstić information content (AvgIpc) is 3.05. The van der Waals surface area contributed by atoms with E-state index in [0.29, 0.717) is 19.8 Å². The van der Waals surface area contributed by atoms with Crippen LogP contribution >= 0.6 is 0 Å². The Morgan fingerprint density at radius 2 is 0.822 bits per heavy atom. The molecule has 4 rings (SSSR count). The minimum Gasteiger partial charge on any atom is -0.418 e. The Kier molecular flexibility index (Phi) is 14.7. The molecular weight excluding hydrogens is 584 g/mol. The predicted octanol–water partition coefficient (Wildman–Crippen LogP) is 6.67. The summed E-state index contributed by atoms with van der Waals surface area (Å²) in [4.78, 5) is 0. The SMILES string of the molecule is C[Si](C)(C)OCCCCCCCOC1C(O)C(O)C(OCc2ccccc2)C(OCc2ccccc2)C1OCc1ccccc1. The summed E-state index contributed by atoms with van der Waals surface area (Å²) >= 11 is 0. The van der Waals surface area contributed by atoms with E-state index >= 15 is 0 Å². The number of aliphatic hydroxyl groups is 2. The highest BCUT2D eigenvalue weighted by Crippen LogP contribution is 2.32. The van der Waals surface area contributed by atoms with Gasteiger partial charge in [0.1, 0.15) is 36.6 Å². The molecule has 0 bridgehead atoms. The van der Waals surface area contributed by atoms with E-state index in [2.05, 4.69) is 19.6 Å². The van der Waals surface area contributed by atoms with Crippen LogP contribution in [0.5, 0.6) is 0 Å². The van der Waals surface area contributed by atoms with Gasteiger partial charge in [-0.05, 0) is 49.2 Å². The van der Waals surface area contributed by atoms with Crippen molar-refractivity contribution in [3.05, 3.63) is 108 Å². The topological polar surface area (TPSA) is 86.6 Å². The number of hydrogen-bond donors (Lipinski definition) is 2. The molecule has 7 nitrogen and oxygen atoms in total. The van der Waals surface area contributed by atoms with Gasteiger partial charge in [-0.25, -0.2) is 0 Å². The van der Waals surface area contributed by atoms with Crippen LogP contribution in [-0.4, -0.2) is 68.4 Å². The van der Waals surface area contributed by atoms with Crippen LogP contribution in [0.3, 0.4) is 0 Å². The van der Waals surface area contributed by atoms with Crippen molar-refractivity contribution in [3.63, 3.8) is 0 Å². The molecule has 0 aliphatic heterocycles. The molecule has 0 spiro atoms. The highest BCUT2D eigenvalue weighted by Gasteiger charge is 2.52. The van der Waals surface area contributed by atoms with Crippen LogP contribution in [0, 0.1) is 0 Å². The smallest absolute Gasteiger partial charge is 0.183 e. The van der Waals surface area contributed by atoms with Crippen molar-refractivity contribution in [2.45, 2.75) is 108 Å². The average molecular weight is 637 g/mol. The Morgan fingerprint density at radius 1 is 0.467 bits per heavy atom. The van der Waals surface area contributed by atoms with E-state index in [4.69, 9.17) is 23.4 Å². The van der Waals surface area contributed by atoms with E-state index in [9.17, 15) is 10.2 Å². The van der Waals surface area contributed by atoms with E-state index in [1.165, 1.54) is 0 Å². The lowest BCUT2D eigenvalue weighted by Crippen LogP contribution is -2.66. The molecule has 0 amide bonds. The number of ether oxygens (including phenoxy) is 4. The lowest BCUT2D eigenvalue weighted by Gasteiger charge is -2.47. The fourth-order valence-electron chi connectivity index (χ4n) is 5.55. The second kappa shape index (κ2) is 18.7. The van der Waals surface area contributed by atoms with Crippen LogP contribution in [0.1, 0.15) is 48.8 Å². The largest absolute Gasteiger partial charge is 0.418 e. The lowest BCUT2D eigenvalue weighted by atomic mass is 9.84. The normalized spacial score (nSPS) is 23.7. The van der Waals surface area contributed by atoms with Gasteiger partial charge in [0.2, 0.25) is 0 Å². The molecule has 0 heterocycles. The van der Waals surface area contributed by atoms with Gasteiger partial charge >= 0.3 is 0 Å². The summed E-state index contributed by atoms with van der Waals surface area (Å²) in [5, 5.41) is 22.9. The molecule has 1 fully saturated rings. The molecule has 3 aromatic carbocycles. The second-order valence-electron chi connectivity index (χ2n) is 12.8. The van der Waals surface area contributed by atoms with Gasteiger partial charge in [-0.1, -0.05) is 110 Å². The molecule has 0 saturated heterocycles. The van der Waals surface area contributed by atoms with Crippen molar-refractivity contribution in [1.29, 1.82) is 0 Å². The molecular formula is C37H52O7Si. The first-order chi connectivity index (χ1) is 21.8. The van der Waals surface area contributed by atoms with E-state index in [0.717, 1.165) is 55.4 Å².